The zero-order chi connectivity index (χ0) is 11.7. The summed E-state index contributed by atoms with van der Waals surface area (Å²) in [6, 6.07) is 0. The van der Waals surface area contributed by atoms with Crippen LogP contribution in [0.25, 0.3) is 0 Å². The van der Waals surface area contributed by atoms with E-state index in [0.717, 1.165) is 19.0 Å². The molecule has 0 amide bonds. The molecule has 17 heavy (non-hydrogen) atoms. The monoisotopic (exact) mass is 255 g/mol. The second-order valence-corrected chi connectivity index (χ2v) is 5.37. The van der Waals surface area contributed by atoms with E-state index in [1.807, 2.05) is 4.57 Å². The fraction of sp³-hybridized carbons (Fsp3) is 0.833. The standard InChI is InChI=1S/C12H18ClN3O/c13-12-15-14-11(9-5-6-9)16(12)7-8-17-10-3-1-2-4-10/h9-10H,1-8H2. The highest BCUT2D eigenvalue weighted by molar-refractivity contribution is 6.28. The lowest BCUT2D eigenvalue weighted by Gasteiger charge is -2.12. The summed E-state index contributed by atoms with van der Waals surface area (Å²) in [7, 11) is 0. The van der Waals surface area contributed by atoms with Crippen LogP contribution in [0.5, 0.6) is 0 Å². The normalized spacial score (nSPS) is 21.2. The van der Waals surface area contributed by atoms with Crippen LogP contribution in [0.1, 0.15) is 50.3 Å². The molecule has 4 nitrogen and oxygen atoms in total. The molecule has 0 aliphatic heterocycles. The van der Waals surface area contributed by atoms with Crippen LogP contribution in [0.15, 0.2) is 0 Å². The molecule has 0 unspecified atom stereocenters. The summed E-state index contributed by atoms with van der Waals surface area (Å²) < 4.78 is 7.86. The lowest BCUT2D eigenvalue weighted by molar-refractivity contribution is 0.0526. The van der Waals surface area contributed by atoms with Gasteiger partial charge in [-0.25, -0.2) is 0 Å². The highest BCUT2D eigenvalue weighted by Gasteiger charge is 2.30. The topological polar surface area (TPSA) is 39.9 Å². The highest BCUT2D eigenvalue weighted by atomic mass is 35.5. The zero-order valence-corrected chi connectivity index (χ0v) is 10.7. The lowest BCUT2D eigenvalue weighted by atomic mass is 10.3. The first-order chi connectivity index (χ1) is 8.34. The second kappa shape index (κ2) is 4.94. The van der Waals surface area contributed by atoms with Crippen molar-refractivity contribution in [3.8, 4) is 0 Å². The van der Waals surface area contributed by atoms with Crippen molar-refractivity contribution < 1.29 is 4.74 Å². The first kappa shape index (κ1) is 11.5. The Morgan fingerprint density at radius 2 is 1.94 bits per heavy atom. The summed E-state index contributed by atoms with van der Waals surface area (Å²) in [5, 5.41) is 8.61. The van der Waals surface area contributed by atoms with Crippen molar-refractivity contribution in [2.24, 2.45) is 0 Å². The Bertz CT molecular complexity index is 383. The average molecular weight is 256 g/mol. The molecule has 2 aliphatic carbocycles. The van der Waals surface area contributed by atoms with E-state index in [1.54, 1.807) is 0 Å². The van der Waals surface area contributed by atoms with Crippen molar-refractivity contribution in [1.82, 2.24) is 14.8 Å². The third kappa shape index (κ3) is 2.63. The Hall–Kier alpha value is -0.610. The fourth-order valence-corrected chi connectivity index (χ4v) is 2.72. The molecular weight excluding hydrogens is 238 g/mol. The number of rotatable bonds is 5. The molecule has 2 saturated carbocycles. The van der Waals surface area contributed by atoms with E-state index in [4.69, 9.17) is 16.3 Å². The number of nitrogens with zero attached hydrogens (tertiary/aromatic N) is 3. The molecule has 1 aromatic heterocycles. The van der Waals surface area contributed by atoms with Crippen molar-refractivity contribution in [3.05, 3.63) is 11.1 Å². The SMILES string of the molecule is Clc1nnc(C2CC2)n1CCOC1CCCC1. The first-order valence-corrected chi connectivity index (χ1v) is 6.92. The molecule has 0 atom stereocenters. The van der Waals surface area contributed by atoms with Gasteiger partial charge < -0.3 is 4.74 Å². The maximum absolute atomic E-state index is 6.05. The number of aromatic nitrogens is 3. The second-order valence-electron chi connectivity index (χ2n) is 5.03. The molecule has 0 radical (unpaired) electrons. The summed E-state index contributed by atoms with van der Waals surface area (Å²) in [5.74, 6) is 1.63. The maximum atomic E-state index is 6.05. The lowest BCUT2D eigenvalue weighted by Crippen LogP contribution is -2.14. The molecule has 5 heteroatoms. The largest absolute Gasteiger partial charge is 0.376 e. The van der Waals surface area contributed by atoms with Crippen LogP contribution in [0.2, 0.25) is 5.28 Å². The molecule has 3 rings (SSSR count). The van der Waals surface area contributed by atoms with Gasteiger partial charge in [0.05, 0.1) is 19.3 Å². The van der Waals surface area contributed by atoms with Gasteiger partial charge in [-0.05, 0) is 37.3 Å². The number of halogens is 1. The minimum Gasteiger partial charge on any atom is -0.376 e. The fourth-order valence-electron chi connectivity index (χ4n) is 2.51. The Labute approximate surface area is 106 Å². The first-order valence-electron chi connectivity index (χ1n) is 6.55. The average Bonchev–Trinajstić information content (AvgIpc) is 2.91. The van der Waals surface area contributed by atoms with E-state index in [9.17, 15) is 0 Å². The third-order valence-corrected chi connectivity index (χ3v) is 3.93. The van der Waals surface area contributed by atoms with E-state index >= 15 is 0 Å². The summed E-state index contributed by atoms with van der Waals surface area (Å²) in [5.41, 5.74) is 0. The molecule has 1 aromatic rings. The summed E-state index contributed by atoms with van der Waals surface area (Å²) in [4.78, 5) is 0. The van der Waals surface area contributed by atoms with Crippen molar-refractivity contribution in [2.45, 2.75) is 57.1 Å². The Kier molecular flexibility index (Phi) is 3.34. The van der Waals surface area contributed by atoms with Gasteiger partial charge >= 0.3 is 0 Å². The molecule has 1 heterocycles. The third-order valence-electron chi connectivity index (χ3n) is 3.65. The van der Waals surface area contributed by atoms with E-state index in [2.05, 4.69) is 10.2 Å². The molecule has 94 valence electrons. The predicted molar refractivity (Wildman–Crippen MR) is 65.2 cm³/mol. The minimum atomic E-state index is 0.467. The van der Waals surface area contributed by atoms with Crippen LogP contribution >= 0.6 is 11.6 Å². The molecule has 0 bridgehead atoms. The van der Waals surface area contributed by atoms with Crippen molar-refractivity contribution in [3.63, 3.8) is 0 Å². The molecule has 0 spiro atoms. The molecule has 0 N–H and O–H groups in total. The molecule has 0 saturated heterocycles. The Morgan fingerprint density at radius 3 is 2.65 bits per heavy atom. The van der Waals surface area contributed by atoms with E-state index in [0.29, 0.717) is 17.3 Å². The van der Waals surface area contributed by atoms with Gasteiger partial charge in [-0.3, -0.25) is 4.57 Å². The summed E-state index contributed by atoms with van der Waals surface area (Å²) in [6.07, 6.45) is 7.96. The molecule has 2 aliphatic rings. The van der Waals surface area contributed by atoms with Crippen molar-refractivity contribution in [2.75, 3.05) is 6.61 Å². The van der Waals surface area contributed by atoms with E-state index < -0.39 is 0 Å². The highest BCUT2D eigenvalue weighted by Crippen LogP contribution is 2.39. The minimum absolute atomic E-state index is 0.467. The zero-order valence-electron chi connectivity index (χ0n) is 9.94. The number of hydrogen-bond donors (Lipinski definition) is 0. The van der Waals surface area contributed by atoms with E-state index in [-0.39, 0.29) is 0 Å². The number of ether oxygens (including phenoxy) is 1. The maximum Gasteiger partial charge on any atom is 0.225 e. The van der Waals surface area contributed by atoms with Gasteiger partial charge in [0.2, 0.25) is 5.28 Å². The summed E-state index contributed by atoms with van der Waals surface area (Å²) >= 11 is 6.05. The predicted octanol–water partition coefficient (Wildman–Crippen LogP) is 2.77. The van der Waals surface area contributed by atoms with Gasteiger partial charge in [0, 0.05) is 5.92 Å². The molecule has 0 aromatic carbocycles. The van der Waals surface area contributed by atoms with E-state index in [1.165, 1.54) is 38.5 Å². The van der Waals surface area contributed by atoms with Crippen LogP contribution in [0.3, 0.4) is 0 Å². The van der Waals surface area contributed by atoms with Gasteiger partial charge in [-0.1, -0.05) is 12.8 Å². The van der Waals surface area contributed by atoms with Crippen LogP contribution in [-0.2, 0) is 11.3 Å². The molecule has 2 fully saturated rings. The van der Waals surface area contributed by atoms with Crippen molar-refractivity contribution >= 4 is 11.6 Å². The van der Waals surface area contributed by atoms with Gasteiger partial charge in [-0.15, -0.1) is 10.2 Å². The van der Waals surface area contributed by atoms with Crippen LogP contribution in [0.4, 0.5) is 0 Å². The van der Waals surface area contributed by atoms with Crippen molar-refractivity contribution in [1.29, 1.82) is 0 Å². The Morgan fingerprint density at radius 1 is 1.18 bits per heavy atom. The Balaban J connectivity index is 1.54. The van der Waals surface area contributed by atoms with Gasteiger partial charge in [0.25, 0.3) is 0 Å². The van der Waals surface area contributed by atoms with Crippen LogP contribution in [0, 0.1) is 0 Å². The van der Waals surface area contributed by atoms with Gasteiger partial charge in [0.15, 0.2) is 0 Å². The summed E-state index contributed by atoms with van der Waals surface area (Å²) in [6.45, 7) is 1.51. The van der Waals surface area contributed by atoms with Gasteiger partial charge in [0.1, 0.15) is 5.82 Å². The quantitative estimate of drug-likeness (QED) is 0.812. The number of hydrogen-bond acceptors (Lipinski definition) is 3. The van der Waals surface area contributed by atoms with Crippen LogP contribution < -0.4 is 0 Å². The van der Waals surface area contributed by atoms with Gasteiger partial charge in [-0.2, -0.15) is 0 Å². The molecular formula is C12H18ClN3O. The smallest absolute Gasteiger partial charge is 0.225 e. The van der Waals surface area contributed by atoms with Crippen LogP contribution in [-0.4, -0.2) is 27.5 Å².